The summed E-state index contributed by atoms with van der Waals surface area (Å²) in [5, 5.41) is 5.05. The van der Waals surface area contributed by atoms with Crippen molar-refractivity contribution in [3.8, 4) is 50.6 Å². The highest BCUT2D eigenvalue weighted by Gasteiger charge is 2.18. The zero-order valence-electron chi connectivity index (χ0n) is 31.1. The minimum absolute atomic E-state index is 0.749. The monoisotopic (exact) mass is 728 g/mol. The van der Waals surface area contributed by atoms with Crippen LogP contribution in [0.3, 0.4) is 0 Å². The first kappa shape index (κ1) is 32.8. The van der Waals surface area contributed by atoms with Crippen molar-refractivity contribution in [3.63, 3.8) is 0 Å². The van der Waals surface area contributed by atoms with Crippen LogP contribution in [0.15, 0.2) is 206 Å². The maximum atomic E-state index is 5.16. The van der Waals surface area contributed by atoms with Crippen LogP contribution in [0.2, 0.25) is 0 Å². The number of fused-ring (bicyclic) bond motifs is 6. The SMILES string of the molecule is c1ccc(-c2cc(-c3ccc(-c4cc(Cn5c6ccccc6c6ccccc65)ccc4-n4c5ccccc5c5ccccc54)cc3)nc(-c3ccccn3)c2)cc1. The Bertz CT molecular complexity index is 3080. The van der Waals surface area contributed by atoms with Crippen molar-refractivity contribution < 1.29 is 0 Å². The first-order valence-corrected chi connectivity index (χ1v) is 19.4. The number of pyridine rings is 2. The van der Waals surface area contributed by atoms with E-state index < -0.39 is 0 Å². The molecule has 0 N–H and O–H groups in total. The number of hydrogen-bond acceptors (Lipinski definition) is 2. The van der Waals surface area contributed by atoms with Crippen molar-refractivity contribution in [2.45, 2.75) is 6.54 Å². The van der Waals surface area contributed by atoms with E-state index in [0.29, 0.717) is 0 Å². The predicted octanol–water partition coefficient (Wildman–Crippen LogP) is 13.4. The maximum Gasteiger partial charge on any atom is 0.0899 e. The van der Waals surface area contributed by atoms with Crippen LogP contribution < -0.4 is 0 Å². The zero-order chi connectivity index (χ0) is 37.7. The van der Waals surface area contributed by atoms with E-state index in [1.54, 1.807) is 0 Å². The Balaban J connectivity index is 1.08. The van der Waals surface area contributed by atoms with Crippen molar-refractivity contribution in [2.75, 3.05) is 0 Å². The molecule has 0 unspecified atom stereocenters. The van der Waals surface area contributed by atoms with E-state index in [-0.39, 0.29) is 0 Å². The predicted molar refractivity (Wildman–Crippen MR) is 237 cm³/mol. The van der Waals surface area contributed by atoms with E-state index in [0.717, 1.165) is 51.6 Å². The number of aromatic nitrogens is 4. The summed E-state index contributed by atoms with van der Waals surface area (Å²) in [6.45, 7) is 0.749. The highest BCUT2D eigenvalue weighted by Crippen LogP contribution is 2.38. The molecular weight excluding hydrogens is 693 g/mol. The van der Waals surface area contributed by atoms with Crippen LogP contribution in [0, 0.1) is 0 Å². The topological polar surface area (TPSA) is 35.6 Å². The van der Waals surface area contributed by atoms with Crippen LogP contribution in [0.4, 0.5) is 0 Å². The summed E-state index contributed by atoms with van der Waals surface area (Å²) in [7, 11) is 0. The Morgan fingerprint density at radius 3 is 1.54 bits per heavy atom. The third kappa shape index (κ3) is 5.70. The van der Waals surface area contributed by atoms with Gasteiger partial charge in [-0.15, -0.1) is 0 Å². The molecule has 0 spiro atoms. The molecule has 0 bridgehead atoms. The van der Waals surface area contributed by atoms with Crippen molar-refractivity contribution in [1.82, 2.24) is 19.1 Å². The van der Waals surface area contributed by atoms with Gasteiger partial charge in [0.1, 0.15) is 0 Å². The number of hydrogen-bond donors (Lipinski definition) is 0. The van der Waals surface area contributed by atoms with Gasteiger partial charge in [0.2, 0.25) is 0 Å². The van der Waals surface area contributed by atoms with Crippen LogP contribution in [0.25, 0.3) is 94.2 Å². The third-order valence-electron chi connectivity index (χ3n) is 11.3. The van der Waals surface area contributed by atoms with E-state index in [1.807, 2.05) is 24.4 Å². The van der Waals surface area contributed by atoms with Crippen LogP contribution in [-0.4, -0.2) is 19.1 Å². The Morgan fingerprint density at radius 2 is 0.912 bits per heavy atom. The summed E-state index contributed by atoms with van der Waals surface area (Å²) in [4.78, 5) is 9.82. The lowest BCUT2D eigenvalue weighted by Crippen LogP contribution is -2.02. The van der Waals surface area contributed by atoms with Crippen molar-refractivity contribution in [2.24, 2.45) is 0 Å². The average Bonchev–Trinajstić information content (AvgIpc) is 3.79. The van der Waals surface area contributed by atoms with Gasteiger partial charge in [0.25, 0.3) is 0 Å². The van der Waals surface area contributed by atoms with E-state index >= 15 is 0 Å². The normalized spacial score (nSPS) is 11.6. The summed E-state index contributed by atoms with van der Waals surface area (Å²) < 4.78 is 4.89. The molecule has 0 atom stereocenters. The Labute approximate surface area is 330 Å². The molecule has 4 heterocycles. The number of nitrogens with zero attached hydrogens (tertiary/aromatic N) is 4. The number of rotatable bonds is 7. The minimum Gasteiger partial charge on any atom is -0.336 e. The quantitative estimate of drug-likeness (QED) is 0.164. The molecule has 11 rings (SSSR count). The van der Waals surface area contributed by atoms with Gasteiger partial charge in [-0.2, -0.15) is 0 Å². The van der Waals surface area contributed by atoms with Gasteiger partial charge in [0.15, 0.2) is 0 Å². The lowest BCUT2D eigenvalue weighted by Gasteiger charge is -2.17. The van der Waals surface area contributed by atoms with Gasteiger partial charge in [-0.3, -0.25) is 4.98 Å². The van der Waals surface area contributed by atoms with Gasteiger partial charge < -0.3 is 9.13 Å². The zero-order valence-corrected chi connectivity index (χ0v) is 31.1. The molecule has 0 saturated heterocycles. The first-order valence-electron chi connectivity index (χ1n) is 19.4. The molecule has 0 amide bonds. The average molecular weight is 729 g/mol. The number of para-hydroxylation sites is 4. The maximum absolute atomic E-state index is 5.16. The fraction of sp³-hybridized carbons (Fsp3) is 0.0189. The second kappa shape index (κ2) is 13.6. The molecule has 0 aliphatic rings. The molecule has 4 nitrogen and oxygen atoms in total. The van der Waals surface area contributed by atoms with Gasteiger partial charge in [0, 0.05) is 56.4 Å². The van der Waals surface area contributed by atoms with E-state index in [1.165, 1.54) is 54.7 Å². The summed E-state index contributed by atoms with van der Waals surface area (Å²) >= 11 is 0. The van der Waals surface area contributed by atoms with Crippen LogP contribution in [0.5, 0.6) is 0 Å². The lowest BCUT2D eigenvalue weighted by molar-refractivity contribution is 0.868. The minimum atomic E-state index is 0.749. The van der Waals surface area contributed by atoms with Gasteiger partial charge in [0.05, 0.1) is 33.8 Å². The van der Waals surface area contributed by atoms with Crippen molar-refractivity contribution in [3.05, 3.63) is 212 Å². The number of benzene rings is 7. The van der Waals surface area contributed by atoms with E-state index in [2.05, 4.69) is 196 Å². The molecule has 0 fully saturated rings. The van der Waals surface area contributed by atoms with Gasteiger partial charge >= 0.3 is 0 Å². The molecule has 4 heteroatoms. The molecule has 0 aliphatic carbocycles. The highest BCUT2D eigenvalue weighted by atomic mass is 15.0. The van der Waals surface area contributed by atoms with Crippen LogP contribution >= 0.6 is 0 Å². The summed E-state index contributed by atoms with van der Waals surface area (Å²) in [6, 6.07) is 71.7. The molecule has 57 heavy (non-hydrogen) atoms. The largest absolute Gasteiger partial charge is 0.336 e. The van der Waals surface area contributed by atoms with Crippen molar-refractivity contribution in [1.29, 1.82) is 0 Å². The van der Waals surface area contributed by atoms with Gasteiger partial charge in [-0.05, 0) is 82.9 Å². The third-order valence-corrected chi connectivity index (χ3v) is 11.3. The summed E-state index contributed by atoms with van der Waals surface area (Å²) in [6.07, 6.45) is 1.82. The molecule has 4 aromatic heterocycles. The van der Waals surface area contributed by atoms with Crippen LogP contribution in [-0.2, 0) is 6.54 Å². The molecule has 0 aliphatic heterocycles. The second-order valence-corrected chi connectivity index (χ2v) is 14.6. The fourth-order valence-corrected chi connectivity index (χ4v) is 8.59. The molecule has 0 saturated carbocycles. The fourth-order valence-electron chi connectivity index (χ4n) is 8.59. The smallest absolute Gasteiger partial charge is 0.0899 e. The first-order chi connectivity index (χ1) is 28.3. The Hall–Kier alpha value is -7.56. The lowest BCUT2D eigenvalue weighted by atomic mass is 9.97. The standard InChI is InChI=1S/C53H36N4/c1-2-14-37(15-3-1)40-33-47(55-48(34-40)46-20-12-13-31-54-46)39-28-26-38(27-29-39)45-32-36(35-56-49-21-8-4-16-41(49)42-17-5-9-22-50(42)56)25-30-53(45)57-51-23-10-6-18-43(51)44-19-7-11-24-52(44)57/h1-34H,35H2. The summed E-state index contributed by atoms with van der Waals surface area (Å²) in [5.74, 6) is 0. The molecule has 0 radical (unpaired) electrons. The van der Waals surface area contributed by atoms with E-state index in [9.17, 15) is 0 Å². The molecule has 268 valence electrons. The van der Waals surface area contributed by atoms with E-state index in [4.69, 9.17) is 4.98 Å². The van der Waals surface area contributed by atoms with Gasteiger partial charge in [-0.1, -0.05) is 140 Å². The van der Waals surface area contributed by atoms with Gasteiger partial charge in [-0.25, -0.2) is 4.98 Å². The molecule has 11 aromatic rings. The van der Waals surface area contributed by atoms with Crippen molar-refractivity contribution >= 4 is 43.6 Å². The summed E-state index contributed by atoms with van der Waals surface area (Å²) in [5.41, 5.74) is 15.5. The second-order valence-electron chi connectivity index (χ2n) is 14.6. The Kier molecular flexibility index (Phi) is 7.85. The highest BCUT2D eigenvalue weighted by molar-refractivity contribution is 6.10. The van der Waals surface area contributed by atoms with Crippen LogP contribution in [0.1, 0.15) is 5.56 Å². The Morgan fingerprint density at radius 1 is 0.368 bits per heavy atom. The molecular formula is C53H36N4. The molecule has 7 aromatic carbocycles.